The van der Waals surface area contributed by atoms with Crippen molar-refractivity contribution >= 4 is 23.2 Å². The van der Waals surface area contributed by atoms with Crippen molar-refractivity contribution in [3.8, 4) is 0 Å². The molecule has 0 heterocycles. The van der Waals surface area contributed by atoms with E-state index in [1.165, 1.54) is 18.2 Å². The van der Waals surface area contributed by atoms with Gasteiger partial charge in [0.25, 0.3) is 5.91 Å². The maximum Gasteiger partial charge on any atom is 0.251 e. The first kappa shape index (κ1) is 12.8. The van der Waals surface area contributed by atoms with Crippen LogP contribution in [0.1, 0.15) is 10.4 Å². The maximum absolute atomic E-state index is 11.6. The first-order valence-corrected chi connectivity index (χ1v) is 5.04. The van der Waals surface area contributed by atoms with Crippen LogP contribution in [0.5, 0.6) is 0 Å². The standard InChI is InChI=1S/C10H13ClN2O3/c11-8-3-6(1-2-9(8)12)10(16)13-7(4-14)5-15/h1-3,7,14-15H,4-5,12H2,(H,13,16). The smallest absolute Gasteiger partial charge is 0.251 e. The van der Waals surface area contributed by atoms with Crippen molar-refractivity contribution in [2.75, 3.05) is 18.9 Å². The van der Waals surface area contributed by atoms with Crippen LogP contribution in [0.25, 0.3) is 0 Å². The molecule has 0 spiro atoms. The summed E-state index contributed by atoms with van der Waals surface area (Å²) in [5.41, 5.74) is 6.21. The van der Waals surface area contributed by atoms with E-state index in [0.717, 1.165) is 0 Å². The van der Waals surface area contributed by atoms with Gasteiger partial charge in [-0.15, -0.1) is 0 Å². The molecule has 6 heteroatoms. The number of nitrogen functional groups attached to an aromatic ring is 1. The zero-order valence-corrected chi connectivity index (χ0v) is 9.24. The van der Waals surface area contributed by atoms with Crippen molar-refractivity contribution < 1.29 is 15.0 Å². The van der Waals surface area contributed by atoms with E-state index >= 15 is 0 Å². The number of carbonyl (C=O) groups is 1. The summed E-state index contributed by atoms with van der Waals surface area (Å²) in [6.45, 7) is -0.657. The van der Waals surface area contributed by atoms with Crippen LogP contribution in [0.3, 0.4) is 0 Å². The van der Waals surface area contributed by atoms with Gasteiger partial charge in [-0.05, 0) is 18.2 Å². The van der Waals surface area contributed by atoms with Crippen LogP contribution in [-0.4, -0.2) is 35.4 Å². The molecule has 0 saturated carbocycles. The van der Waals surface area contributed by atoms with E-state index in [0.29, 0.717) is 11.3 Å². The van der Waals surface area contributed by atoms with Gasteiger partial charge in [0.1, 0.15) is 0 Å². The van der Waals surface area contributed by atoms with Crippen LogP contribution in [0.4, 0.5) is 5.69 Å². The summed E-state index contributed by atoms with van der Waals surface area (Å²) in [6.07, 6.45) is 0. The fourth-order valence-corrected chi connectivity index (χ4v) is 1.27. The second-order valence-corrected chi connectivity index (χ2v) is 3.68. The molecule has 0 unspecified atom stereocenters. The van der Waals surface area contributed by atoms with Gasteiger partial charge in [0.15, 0.2) is 0 Å². The van der Waals surface area contributed by atoms with Crippen LogP contribution < -0.4 is 11.1 Å². The Labute approximate surface area is 97.8 Å². The van der Waals surface area contributed by atoms with Crippen molar-refractivity contribution in [2.24, 2.45) is 0 Å². The van der Waals surface area contributed by atoms with Gasteiger partial charge in [-0.3, -0.25) is 4.79 Å². The highest BCUT2D eigenvalue weighted by Crippen LogP contribution is 2.19. The molecule has 0 aromatic heterocycles. The molecule has 0 saturated heterocycles. The van der Waals surface area contributed by atoms with Gasteiger partial charge in [-0.2, -0.15) is 0 Å². The lowest BCUT2D eigenvalue weighted by Crippen LogP contribution is -2.40. The third-order valence-electron chi connectivity index (χ3n) is 2.04. The molecule has 1 amide bonds. The average Bonchev–Trinajstić information content (AvgIpc) is 2.29. The lowest BCUT2D eigenvalue weighted by molar-refractivity contribution is 0.0879. The lowest BCUT2D eigenvalue weighted by Gasteiger charge is -2.13. The molecule has 88 valence electrons. The lowest BCUT2D eigenvalue weighted by atomic mass is 10.2. The SMILES string of the molecule is Nc1ccc(C(=O)NC(CO)CO)cc1Cl. The number of hydrogen-bond acceptors (Lipinski definition) is 4. The normalized spacial score (nSPS) is 10.5. The Bertz CT molecular complexity index is 380. The molecule has 0 aliphatic rings. The molecule has 0 atom stereocenters. The van der Waals surface area contributed by atoms with E-state index in [1.54, 1.807) is 0 Å². The van der Waals surface area contributed by atoms with Gasteiger partial charge in [0.05, 0.1) is 30.0 Å². The van der Waals surface area contributed by atoms with Gasteiger partial charge in [0.2, 0.25) is 0 Å². The van der Waals surface area contributed by atoms with Gasteiger partial charge in [-0.25, -0.2) is 0 Å². The van der Waals surface area contributed by atoms with Crippen molar-refractivity contribution in [2.45, 2.75) is 6.04 Å². The molecule has 0 radical (unpaired) electrons. The highest BCUT2D eigenvalue weighted by Gasteiger charge is 2.12. The number of aliphatic hydroxyl groups is 2. The van der Waals surface area contributed by atoms with Crippen LogP contribution in [0.2, 0.25) is 5.02 Å². The fraction of sp³-hybridized carbons (Fsp3) is 0.300. The van der Waals surface area contributed by atoms with Crippen LogP contribution in [0, 0.1) is 0 Å². The van der Waals surface area contributed by atoms with Gasteiger partial charge in [-0.1, -0.05) is 11.6 Å². The molecule has 0 aliphatic heterocycles. The number of rotatable bonds is 4. The second-order valence-electron chi connectivity index (χ2n) is 3.27. The fourth-order valence-electron chi connectivity index (χ4n) is 1.09. The van der Waals surface area contributed by atoms with E-state index in [9.17, 15) is 4.79 Å². The zero-order valence-electron chi connectivity index (χ0n) is 8.48. The van der Waals surface area contributed by atoms with E-state index in [-0.39, 0.29) is 18.2 Å². The number of benzene rings is 1. The topological polar surface area (TPSA) is 95.6 Å². The summed E-state index contributed by atoms with van der Waals surface area (Å²) in [6, 6.07) is 3.79. The summed E-state index contributed by atoms with van der Waals surface area (Å²) in [5.74, 6) is -0.421. The Hall–Kier alpha value is -1.30. The number of aliphatic hydroxyl groups excluding tert-OH is 2. The highest BCUT2D eigenvalue weighted by molar-refractivity contribution is 6.33. The van der Waals surface area contributed by atoms with Gasteiger partial charge in [0, 0.05) is 5.56 Å². The van der Waals surface area contributed by atoms with E-state index in [4.69, 9.17) is 27.5 Å². The summed E-state index contributed by atoms with van der Waals surface area (Å²) in [7, 11) is 0. The van der Waals surface area contributed by atoms with Crippen molar-refractivity contribution in [3.05, 3.63) is 28.8 Å². The molecule has 1 aromatic carbocycles. The van der Waals surface area contributed by atoms with E-state index in [1.807, 2.05) is 0 Å². The Morgan fingerprint density at radius 2 is 2.06 bits per heavy atom. The van der Waals surface area contributed by atoms with Gasteiger partial charge >= 0.3 is 0 Å². The quantitative estimate of drug-likeness (QED) is 0.561. The van der Waals surface area contributed by atoms with Crippen molar-refractivity contribution in [1.29, 1.82) is 0 Å². The molecule has 0 bridgehead atoms. The third kappa shape index (κ3) is 3.10. The van der Waals surface area contributed by atoms with Crippen LogP contribution >= 0.6 is 11.6 Å². The predicted molar refractivity (Wildman–Crippen MR) is 61.3 cm³/mol. The number of amides is 1. The number of nitrogens with two attached hydrogens (primary N) is 1. The highest BCUT2D eigenvalue weighted by atomic mass is 35.5. The summed E-state index contributed by atoms with van der Waals surface area (Å²) < 4.78 is 0. The van der Waals surface area contributed by atoms with Crippen LogP contribution in [-0.2, 0) is 0 Å². The van der Waals surface area contributed by atoms with Gasteiger partial charge < -0.3 is 21.3 Å². The number of carbonyl (C=O) groups excluding carboxylic acids is 1. The number of nitrogens with one attached hydrogen (secondary N) is 1. The minimum Gasteiger partial charge on any atom is -0.398 e. The Morgan fingerprint density at radius 3 is 2.56 bits per heavy atom. The third-order valence-corrected chi connectivity index (χ3v) is 2.37. The predicted octanol–water partition coefficient (Wildman–Crippen LogP) is 0.00520. The number of halogens is 1. The van der Waals surface area contributed by atoms with Crippen molar-refractivity contribution in [3.63, 3.8) is 0 Å². The summed E-state index contributed by atoms with van der Waals surface area (Å²) >= 11 is 5.76. The Balaban J connectivity index is 2.76. The molecule has 1 aromatic rings. The second kappa shape index (κ2) is 5.69. The Morgan fingerprint density at radius 1 is 1.44 bits per heavy atom. The first-order valence-electron chi connectivity index (χ1n) is 4.66. The molecule has 16 heavy (non-hydrogen) atoms. The van der Waals surface area contributed by atoms with Crippen LogP contribution in [0.15, 0.2) is 18.2 Å². The Kier molecular flexibility index (Phi) is 4.54. The molecule has 0 aliphatic carbocycles. The largest absolute Gasteiger partial charge is 0.398 e. The molecule has 5 N–H and O–H groups in total. The number of anilines is 1. The maximum atomic E-state index is 11.6. The molecular formula is C10H13ClN2O3. The van der Waals surface area contributed by atoms with Crippen molar-refractivity contribution in [1.82, 2.24) is 5.32 Å². The monoisotopic (exact) mass is 244 g/mol. The average molecular weight is 245 g/mol. The van der Waals surface area contributed by atoms with E-state index < -0.39 is 11.9 Å². The molecular weight excluding hydrogens is 232 g/mol. The number of hydrogen-bond donors (Lipinski definition) is 4. The van der Waals surface area contributed by atoms with E-state index in [2.05, 4.69) is 5.32 Å². The molecule has 0 fully saturated rings. The summed E-state index contributed by atoms with van der Waals surface area (Å²) in [4.78, 5) is 11.6. The molecule has 1 rings (SSSR count). The first-order chi connectivity index (χ1) is 7.58. The minimum absolute atomic E-state index is 0.289. The summed E-state index contributed by atoms with van der Waals surface area (Å²) in [5, 5.41) is 20.3. The molecule has 5 nitrogen and oxygen atoms in total. The zero-order chi connectivity index (χ0) is 12.1. The minimum atomic E-state index is -0.677.